The molecule has 0 saturated carbocycles. The Morgan fingerprint density at radius 3 is 2.54 bits per heavy atom. The molecule has 1 aromatic carbocycles. The number of piperidine rings is 1. The van der Waals surface area contributed by atoms with Crippen molar-refractivity contribution in [3.8, 4) is 0 Å². The number of rotatable bonds is 12. The van der Waals surface area contributed by atoms with E-state index in [1.807, 2.05) is 11.4 Å². The summed E-state index contributed by atoms with van der Waals surface area (Å²) >= 11 is 2.64. The number of anilines is 2. The highest BCUT2D eigenvalue weighted by Gasteiger charge is 2.29. The van der Waals surface area contributed by atoms with Gasteiger partial charge in [-0.1, -0.05) is 23.5 Å². The largest absolute Gasteiger partial charge is 0.382 e. The number of nitrogens with two attached hydrogens (primary N) is 1. The van der Waals surface area contributed by atoms with Crippen molar-refractivity contribution in [2.24, 2.45) is 0 Å². The molecule has 37 heavy (non-hydrogen) atoms. The first-order valence-corrected chi connectivity index (χ1v) is 15.3. The third kappa shape index (κ3) is 7.11. The predicted octanol–water partition coefficient (Wildman–Crippen LogP) is 3.72. The maximum atomic E-state index is 14.0. The fraction of sp³-hybridized carbons (Fsp3) is 0.417. The molecule has 2 aromatic heterocycles. The van der Waals surface area contributed by atoms with Crippen LogP contribution in [0.25, 0.3) is 0 Å². The molecule has 200 valence electrons. The lowest BCUT2D eigenvalue weighted by atomic mass is 10.1. The fourth-order valence-electron chi connectivity index (χ4n) is 4.14. The molecule has 1 aliphatic heterocycles. The minimum Gasteiger partial charge on any atom is -0.382 e. The van der Waals surface area contributed by atoms with E-state index in [1.54, 1.807) is 11.3 Å². The average Bonchev–Trinajstić information content (AvgIpc) is 3.51. The Bertz CT molecular complexity index is 1290. The molecular formula is C24H29F2N5O3S3. The topological polar surface area (TPSA) is 117 Å². The second-order valence-electron chi connectivity index (χ2n) is 8.73. The van der Waals surface area contributed by atoms with Gasteiger partial charge < -0.3 is 16.4 Å². The minimum absolute atomic E-state index is 0.0458. The van der Waals surface area contributed by atoms with Crippen LogP contribution in [0.1, 0.15) is 39.4 Å². The van der Waals surface area contributed by atoms with Crippen molar-refractivity contribution in [1.29, 1.82) is 0 Å². The number of hydrogen-bond donors (Lipinski definition) is 3. The molecule has 3 heterocycles. The highest BCUT2D eigenvalue weighted by atomic mass is 32.2. The summed E-state index contributed by atoms with van der Waals surface area (Å²) in [5.74, 6) is -2.80. The number of ketones is 1. The molecule has 0 radical (unpaired) electrons. The van der Waals surface area contributed by atoms with Crippen LogP contribution in [0.3, 0.4) is 0 Å². The summed E-state index contributed by atoms with van der Waals surface area (Å²) < 4.78 is 55.0. The van der Waals surface area contributed by atoms with E-state index in [0.29, 0.717) is 44.0 Å². The van der Waals surface area contributed by atoms with E-state index >= 15 is 0 Å². The van der Waals surface area contributed by atoms with Crippen LogP contribution in [0.15, 0.2) is 35.7 Å². The van der Waals surface area contributed by atoms with E-state index in [1.165, 1.54) is 15.2 Å². The number of carbonyl (C=O) groups excluding carboxylic acids is 1. The highest BCUT2D eigenvalue weighted by Crippen LogP contribution is 2.30. The first-order valence-electron chi connectivity index (χ1n) is 12.0. The van der Waals surface area contributed by atoms with Crippen LogP contribution in [0.2, 0.25) is 0 Å². The first kappa shape index (κ1) is 27.6. The van der Waals surface area contributed by atoms with Crippen LogP contribution in [0, 0.1) is 11.6 Å². The van der Waals surface area contributed by atoms with Crippen LogP contribution in [-0.2, 0) is 16.4 Å². The molecule has 1 saturated heterocycles. The second kappa shape index (κ2) is 12.4. The SMILES string of the molecule is Nc1nc(NC2CCN(S(=O)(=O)CCCNCCc3cccs3)CC2)sc1C(=O)c1c(F)cccc1F. The number of thiazole rings is 1. The molecule has 0 bridgehead atoms. The molecule has 1 aliphatic rings. The normalized spacial score (nSPS) is 15.2. The zero-order valence-electron chi connectivity index (χ0n) is 20.1. The number of benzene rings is 1. The summed E-state index contributed by atoms with van der Waals surface area (Å²) in [6.45, 7) is 2.21. The number of sulfonamides is 1. The standard InChI is InChI=1S/C24H29F2N5O3S3/c25-18-5-1-6-19(26)20(18)21(32)22-23(27)30-24(36-22)29-16-8-12-31(13-9-16)37(33,34)15-3-10-28-11-7-17-4-2-14-35-17/h1-2,4-6,14,16,28H,3,7-13,15,27H2,(H,29,30). The second-order valence-corrected chi connectivity index (χ2v) is 12.8. The summed E-state index contributed by atoms with van der Waals surface area (Å²) in [5, 5.41) is 8.88. The molecular weight excluding hydrogens is 540 g/mol. The Morgan fingerprint density at radius 1 is 1.14 bits per heavy atom. The zero-order chi connectivity index (χ0) is 26.4. The number of carbonyl (C=O) groups is 1. The number of thiophene rings is 1. The number of aromatic nitrogens is 1. The van der Waals surface area contributed by atoms with E-state index in [4.69, 9.17) is 5.73 Å². The molecule has 4 N–H and O–H groups in total. The van der Waals surface area contributed by atoms with Gasteiger partial charge in [-0.3, -0.25) is 4.79 Å². The van der Waals surface area contributed by atoms with Gasteiger partial charge in [0.2, 0.25) is 15.8 Å². The number of halogens is 2. The van der Waals surface area contributed by atoms with Crippen LogP contribution in [-0.4, -0.2) is 61.5 Å². The Balaban J connectivity index is 1.23. The Hall–Kier alpha value is -2.45. The molecule has 0 atom stereocenters. The molecule has 0 spiro atoms. The van der Waals surface area contributed by atoms with Gasteiger partial charge in [-0.25, -0.2) is 26.5 Å². The third-order valence-electron chi connectivity index (χ3n) is 6.11. The van der Waals surface area contributed by atoms with Crippen molar-refractivity contribution in [3.05, 3.63) is 62.7 Å². The van der Waals surface area contributed by atoms with Crippen LogP contribution in [0.5, 0.6) is 0 Å². The van der Waals surface area contributed by atoms with Crippen molar-refractivity contribution in [2.75, 3.05) is 43.0 Å². The van der Waals surface area contributed by atoms with Crippen LogP contribution < -0.4 is 16.4 Å². The molecule has 4 rings (SSSR count). The van der Waals surface area contributed by atoms with E-state index in [0.717, 1.165) is 36.4 Å². The van der Waals surface area contributed by atoms with Crippen molar-refractivity contribution in [3.63, 3.8) is 0 Å². The molecule has 0 unspecified atom stereocenters. The quantitative estimate of drug-likeness (QED) is 0.225. The molecule has 0 amide bonds. The van der Waals surface area contributed by atoms with Gasteiger partial charge in [0.15, 0.2) is 5.13 Å². The summed E-state index contributed by atoms with van der Waals surface area (Å²) in [5.41, 5.74) is 5.20. The Kier molecular flexibility index (Phi) is 9.24. The van der Waals surface area contributed by atoms with Crippen LogP contribution in [0.4, 0.5) is 19.7 Å². The summed E-state index contributed by atoms with van der Waals surface area (Å²) in [6.07, 6.45) is 2.60. The van der Waals surface area contributed by atoms with Gasteiger partial charge in [-0.2, -0.15) is 0 Å². The third-order valence-corrected chi connectivity index (χ3v) is 10.0. The lowest BCUT2D eigenvalue weighted by molar-refractivity contribution is 0.103. The maximum Gasteiger partial charge on any atom is 0.214 e. The number of nitrogens with one attached hydrogen (secondary N) is 2. The van der Waals surface area contributed by atoms with Gasteiger partial charge in [0.25, 0.3) is 0 Å². The Labute approximate surface area is 223 Å². The van der Waals surface area contributed by atoms with E-state index < -0.39 is 33.0 Å². The van der Waals surface area contributed by atoms with Gasteiger partial charge in [-0.05, 0) is 62.4 Å². The smallest absolute Gasteiger partial charge is 0.214 e. The fourth-order valence-corrected chi connectivity index (χ4v) is 7.29. The summed E-state index contributed by atoms with van der Waals surface area (Å²) in [7, 11) is -3.34. The van der Waals surface area contributed by atoms with Crippen molar-refractivity contribution < 1.29 is 22.0 Å². The highest BCUT2D eigenvalue weighted by molar-refractivity contribution is 7.89. The molecule has 8 nitrogen and oxygen atoms in total. The Morgan fingerprint density at radius 2 is 1.86 bits per heavy atom. The summed E-state index contributed by atoms with van der Waals surface area (Å²) in [4.78, 5) is 18.1. The molecule has 1 fully saturated rings. The van der Waals surface area contributed by atoms with Gasteiger partial charge in [0, 0.05) is 24.0 Å². The molecule has 3 aromatic rings. The first-order chi connectivity index (χ1) is 17.7. The van der Waals surface area contributed by atoms with Gasteiger partial charge >= 0.3 is 0 Å². The van der Waals surface area contributed by atoms with Crippen molar-refractivity contribution in [2.45, 2.75) is 31.7 Å². The number of nitrogen functional groups attached to an aromatic ring is 1. The van der Waals surface area contributed by atoms with E-state index in [9.17, 15) is 22.0 Å². The van der Waals surface area contributed by atoms with Gasteiger partial charge in [0.05, 0.1) is 11.3 Å². The minimum atomic E-state index is -3.34. The van der Waals surface area contributed by atoms with Gasteiger partial charge in [0.1, 0.15) is 22.3 Å². The van der Waals surface area contributed by atoms with Crippen molar-refractivity contribution >= 4 is 49.4 Å². The number of hydrogen-bond acceptors (Lipinski definition) is 9. The average molecular weight is 570 g/mol. The maximum absolute atomic E-state index is 14.0. The summed E-state index contributed by atoms with van der Waals surface area (Å²) in [6, 6.07) is 7.25. The number of nitrogens with zero attached hydrogens (tertiary/aromatic N) is 2. The van der Waals surface area contributed by atoms with Gasteiger partial charge in [-0.15, -0.1) is 11.3 Å². The molecule has 0 aliphatic carbocycles. The zero-order valence-corrected chi connectivity index (χ0v) is 22.5. The van der Waals surface area contributed by atoms with E-state index in [2.05, 4.69) is 21.7 Å². The lowest BCUT2D eigenvalue weighted by Crippen LogP contribution is -2.43. The van der Waals surface area contributed by atoms with Crippen molar-refractivity contribution in [1.82, 2.24) is 14.6 Å². The molecule has 13 heteroatoms. The lowest BCUT2D eigenvalue weighted by Gasteiger charge is -2.31. The predicted molar refractivity (Wildman–Crippen MR) is 144 cm³/mol. The van der Waals surface area contributed by atoms with E-state index in [-0.39, 0.29) is 22.5 Å². The monoisotopic (exact) mass is 569 g/mol. The van der Waals surface area contributed by atoms with Crippen LogP contribution >= 0.6 is 22.7 Å².